The van der Waals surface area contributed by atoms with Crippen LogP contribution in [0.1, 0.15) is 17.3 Å². The van der Waals surface area contributed by atoms with E-state index in [9.17, 15) is 14.0 Å². The van der Waals surface area contributed by atoms with Crippen molar-refractivity contribution >= 4 is 11.8 Å². The molecule has 1 rings (SSSR count). The molecule has 0 aliphatic heterocycles. The largest absolute Gasteiger partial charge is 0.394 e. The second-order valence-electron chi connectivity index (χ2n) is 3.84. The van der Waals surface area contributed by atoms with Crippen LogP contribution in [0.3, 0.4) is 0 Å². The first-order valence-corrected chi connectivity index (χ1v) is 5.47. The highest BCUT2D eigenvalue weighted by Crippen LogP contribution is 2.02. The minimum absolute atomic E-state index is 0.151. The Morgan fingerprint density at radius 3 is 2.78 bits per heavy atom. The van der Waals surface area contributed by atoms with Crippen LogP contribution in [0.2, 0.25) is 0 Å². The predicted octanol–water partition coefficient (Wildman–Crippen LogP) is 0.0525. The molecule has 0 aliphatic rings. The lowest BCUT2D eigenvalue weighted by molar-refractivity contribution is -0.121. The summed E-state index contributed by atoms with van der Waals surface area (Å²) in [6.45, 7) is 1.23. The maximum absolute atomic E-state index is 12.9. The molecule has 0 spiro atoms. The molecule has 2 amide bonds. The van der Waals surface area contributed by atoms with Crippen molar-refractivity contribution in [2.24, 2.45) is 0 Å². The van der Waals surface area contributed by atoms with E-state index in [0.29, 0.717) is 0 Å². The van der Waals surface area contributed by atoms with Crippen LogP contribution in [0.5, 0.6) is 0 Å². The number of carbonyl (C=O) groups excluding carboxylic acids is 2. The summed E-state index contributed by atoms with van der Waals surface area (Å²) in [6.07, 6.45) is 0. The molecular weight excluding hydrogens is 239 g/mol. The molecule has 3 N–H and O–H groups in total. The molecular formula is C12H15FN2O3. The molecule has 6 heteroatoms. The Labute approximate surface area is 104 Å². The Balaban J connectivity index is 2.44. The number of nitrogens with one attached hydrogen (secondary N) is 2. The molecule has 1 aromatic rings. The van der Waals surface area contributed by atoms with Gasteiger partial charge in [-0.1, -0.05) is 6.07 Å². The van der Waals surface area contributed by atoms with Crippen molar-refractivity contribution in [1.82, 2.24) is 10.6 Å². The molecule has 0 heterocycles. The predicted molar refractivity (Wildman–Crippen MR) is 63.4 cm³/mol. The number of aliphatic hydroxyl groups is 1. The third kappa shape index (κ3) is 4.50. The molecule has 98 valence electrons. The number of hydrogen-bond donors (Lipinski definition) is 3. The van der Waals surface area contributed by atoms with Crippen molar-refractivity contribution in [3.8, 4) is 0 Å². The third-order valence-electron chi connectivity index (χ3n) is 2.18. The minimum atomic E-state index is -0.527. The van der Waals surface area contributed by atoms with E-state index in [1.54, 1.807) is 6.92 Å². The second-order valence-corrected chi connectivity index (χ2v) is 3.84. The fraction of sp³-hybridized carbons (Fsp3) is 0.333. The lowest BCUT2D eigenvalue weighted by Gasteiger charge is -2.11. The van der Waals surface area contributed by atoms with Crippen LogP contribution in [0.4, 0.5) is 4.39 Å². The fourth-order valence-corrected chi connectivity index (χ4v) is 1.26. The van der Waals surface area contributed by atoms with Crippen LogP contribution >= 0.6 is 0 Å². The molecule has 0 aromatic heterocycles. The van der Waals surface area contributed by atoms with Gasteiger partial charge in [0.15, 0.2) is 0 Å². The maximum Gasteiger partial charge on any atom is 0.251 e. The Morgan fingerprint density at radius 1 is 1.44 bits per heavy atom. The van der Waals surface area contributed by atoms with Gasteiger partial charge in [0.25, 0.3) is 5.91 Å². The van der Waals surface area contributed by atoms with E-state index in [0.717, 1.165) is 6.07 Å². The number of amides is 2. The standard InChI is InChI=1S/C12H15FN2O3/c1-8(7-16)15-11(17)6-14-12(18)9-3-2-4-10(13)5-9/h2-5,8,16H,6-7H2,1H3,(H,14,18)(H,15,17)/t8-/m1/s1. The molecule has 0 fully saturated rings. The summed E-state index contributed by atoms with van der Waals surface area (Å²) >= 11 is 0. The molecule has 18 heavy (non-hydrogen) atoms. The summed E-state index contributed by atoms with van der Waals surface area (Å²) in [5, 5.41) is 13.6. The van der Waals surface area contributed by atoms with Crippen molar-refractivity contribution in [3.63, 3.8) is 0 Å². The number of rotatable bonds is 5. The molecule has 5 nitrogen and oxygen atoms in total. The van der Waals surface area contributed by atoms with Gasteiger partial charge >= 0.3 is 0 Å². The second kappa shape index (κ2) is 6.70. The van der Waals surface area contributed by atoms with Crippen molar-refractivity contribution in [3.05, 3.63) is 35.6 Å². The Morgan fingerprint density at radius 2 is 2.17 bits per heavy atom. The zero-order valence-electron chi connectivity index (χ0n) is 9.94. The topological polar surface area (TPSA) is 78.4 Å². The summed E-state index contributed by atoms with van der Waals surface area (Å²) in [6, 6.07) is 4.81. The van der Waals surface area contributed by atoms with Gasteiger partial charge in [-0.25, -0.2) is 4.39 Å². The van der Waals surface area contributed by atoms with Crippen LogP contribution in [0.15, 0.2) is 24.3 Å². The molecule has 0 radical (unpaired) electrons. The van der Waals surface area contributed by atoms with E-state index in [4.69, 9.17) is 5.11 Å². The first kappa shape index (κ1) is 14.1. The first-order chi connectivity index (χ1) is 8.52. The first-order valence-electron chi connectivity index (χ1n) is 5.47. The van der Waals surface area contributed by atoms with E-state index < -0.39 is 17.6 Å². The fourth-order valence-electron chi connectivity index (χ4n) is 1.26. The number of hydrogen-bond acceptors (Lipinski definition) is 3. The van der Waals surface area contributed by atoms with Gasteiger partial charge in [0.05, 0.1) is 13.2 Å². The quantitative estimate of drug-likeness (QED) is 0.695. The van der Waals surface area contributed by atoms with Crippen molar-refractivity contribution < 1.29 is 19.1 Å². The summed E-state index contributed by atoms with van der Waals surface area (Å²) < 4.78 is 12.9. The van der Waals surface area contributed by atoms with Gasteiger partial charge in [-0.05, 0) is 25.1 Å². The van der Waals surface area contributed by atoms with Gasteiger partial charge in [-0.3, -0.25) is 9.59 Å². The van der Waals surface area contributed by atoms with Crippen LogP contribution in [0.25, 0.3) is 0 Å². The van der Waals surface area contributed by atoms with Gasteiger partial charge in [0.1, 0.15) is 5.82 Å². The number of aliphatic hydroxyl groups excluding tert-OH is 1. The van der Waals surface area contributed by atoms with E-state index in [1.165, 1.54) is 18.2 Å². The number of benzene rings is 1. The highest BCUT2D eigenvalue weighted by molar-refractivity contribution is 5.96. The van der Waals surface area contributed by atoms with Crippen molar-refractivity contribution in [1.29, 1.82) is 0 Å². The molecule has 0 saturated heterocycles. The molecule has 0 saturated carbocycles. The Kier molecular flexibility index (Phi) is 5.26. The Hall–Kier alpha value is -1.95. The third-order valence-corrected chi connectivity index (χ3v) is 2.18. The SMILES string of the molecule is C[C@H](CO)NC(=O)CNC(=O)c1cccc(F)c1. The molecule has 1 aromatic carbocycles. The van der Waals surface area contributed by atoms with Crippen LogP contribution < -0.4 is 10.6 Å². The molecule has 0 bridgehead atoms. The van der Waals surface area contributed by atoms with Crippen LogP contribution in [-0.4, -0.2) is 36.1 Å². The summed E-state index contributed by atoms with van der Waals surface area (Å²) in [7, 11) is 0. The summed E-state index contributed by atoms with van der Waals surface area (Å²) in [5.74, 6) is -1.45. The summed E-state index contributed by atoms with van der Waals surface area (Å²) in [4.78, 5) is 22.9. The molecule has 0 aliphatic carbocycles. The van der Waals surface area contributed by atoms with Gasteiger partial charge in [-0.2, -0.15) is 0 Å². The Bertz CT molecular complexity index is 437. The maximum atomic E-state index is 12.9. The van der Waals surface area contributed by atoms with Gasteiger partial charge in [0.2, 0.25) is 5.91 Å². The van der Waals surface area contributed by atoms with Gasteiger partial charge < -0.3 is 15.7 Å². The molecule has 1 atom stereocenters. The van der Waals surface area contributed by atoms with E-state index in [-0.39, 0.29) is 24.8 Å². The zero-order valence-corrected chi connectivity index (χ0v) is 9.94. The van der Waals surface area contributed by atoms with Gasteiger partial charge in [0, 0.05) is 11.6 Å². The molecule has 0 unspecified atom stereocenters. The van der Waals surface area contributed by atoms with Crippen molar-refractivity contribution in [2.45, 2.75) is 13.0 Å². The number of halogens is 1. The van der Waals surface area contributed by atoms with Crippen LogP contribution in [0, 0.1) is 5.82 Å². The lowest BCUT2D eigenvalue weighted by Crippen LogP contribution is -2.42. The average molecular weight is 254 g/mol. The minimum Gasteiger partial charge on any atom is -0.394 e. The highest BCUT2D eigenvalue weighted by Gasteiger charge is 2.10. The zero-order chi connectivity index (χ0) is 13.5. The monoisotopic (exact) mass is 254 g/mol. The smallest absolute Gasteiger partial charge is 0.251 e. The van der Waals surface area contributed by atoms with Crippen LogP contribution in [-0.2, 0) is 4.79 Å². The van der Waals surface area contributed by atoms with Crippen molar-refractivity contribution in [2.75, 3.05) is 13.2 Å². The number of carbonyl (C=O) groups is 2. The van der Waals surface area contributed by atoms with E-state index in [1.807, 2.05) is 0 Å². The normalized spacial score (nSPS) is 11.7. The lowest BCUT2D eigenvalue weighted by atomic mass is 10.2. The van der Waals surface area contributed by atoms with E-state index >= 15 is 0 Å². The highest BCUT2D eigenvalue weighted by atomic mass is 19.1. The van der Waals surface area contributed by atoms with Gasteiger partial charge in [-0.15, -0.1) is 0 Å². The average Bonchev–Trinajstić information content (AvgIpc) is 2.35. The van der Waals surface area contributed by atoms with E-state index in [2.05, 4.69) is 10.6 Å². The summed E-state index contributed by atoms with van der Waals surface area (Å²) in [5.41, 5.74) is 0.151.